The maximum absolute atomic E-state index is 6.57. The minimum absolute atomic E-state index is 0.0732. The van der Waals surface area contributed by atoms with Crippen molar-refractivity contribution >= 4 is 45.1 Å². The summed E-state index contributed by atoms with van der Waals surface area (Å²) < 4.78 is 13.1. The molecule has 0 amide bonds. The summed E-state index contributed by atoms with van der Waals surface area (Å²) in [5, 5.41) is 4.64. The van der Waals surface area contributed by atoms with Crippen molar-refractivity contribution in [3.05, 3.63) is 48.0 Å². The molecule has 0 aromatic heterocycles. The standard InChI is InChI=1S/C32H46O2S2/c1-6-8-20-35-22-12-18-33-30-26-14-10-11-15-27(26)31(34-19-13-23-36-21-9-7-2)29-24-25(32(3,4)5)16-17-28(29)30/h10-11,14-17,24H,6-9,12-13,18-23H2,1-5H3. The van der Waals surface area contributed by atoms with Crippen LogP contribution < -0.4 is 9.47 Å². The Morgan fingerprint density at radius 2 is 1.08 bits per heavy atom. The smallest absolute Gasteiger partial charge is 0.135 e. The topological polar surface area (TPSA) is 18.5 Å². The third-order valence-electron chi connectivity index (χ3n) is 6.43. The Bertz CT molecular complexity index is 1070. The minimum Gasteiger partial charge on any atom is -0.492 e. The summed E-state index contributed by atoms with van der Waals surface area (Å²) in [4.78, 5) is 0. The molecule has 3 rings (SSSR count). The van der Waals surface area contributed by atoms with Crippen LogP contribution in [0, 0.1) is 0 Å². The molecule has 36 heavy (non-hydrogen) atoms. The molecule has 0 radical (unpaired) electrons. The van der Waals surface area contributed by atoms with Crippen molar-refractivity contribution < 1.29 is 9.47 Å². The summed E-state index contributed by atoms with van der Waals surface area (Å²) in [5.41, 5.74) is 1.40. The molecule has 0 heterocycles. The average molecular weight is 527 g/mol. The van der Waals surface area contributed by atoms with E-state index in [1.165, 1.54) is 48.1 Å². The van der Waals surface area contributed by atoms with Crippen LogP contribution in [0.2, 0.25) is 0 Å². The molecule has 3 aromatic carbocycles. The summed E-state index contributed by atoms with van der Waals surface area (Å²) in [6, 6.07) is 15.5. The molecule has 0 spiro atoms. The Balaban J connectivity index is 1.88. The first kappa shape index (κ1) is 29.0. The molecule has 0 aliphatic rings. The molecule has 0 bridgehead atoms. The molecule has 0 atom stereocenters. The second-order valence-electron chi connectivity index (χ2n) is 10.6. The van der Waals surface area contributed by atoms with Crippen LogP contribution in [0.4, 0.5) is 0 Å². The first-order valence-electron chi connectivity index (χ1n) is 13.9. The average Bonchev–Trinajstić information content (AvgIpc) is 2.87. The Hall–Kier alpha value is -1.52. The predicted molar refractivity (Wildman–Crippen MR) is 165 cm³/mol. The van der Waals surface area contributed by atoms with Crippen molar-refractivity contribution in [2.75, 3.05) is 36.2 Å². The van der Waals surface area contributed by atoms with E-state index in [0.717, 1.165) is 65.2 Å². The summed E-state index contributed by atoms with van der Waals surface area (Å²) >= 11 is 4.09. The number of hydrogen-bond donors (Lipinski definition) is 0. The first-order valence-corrected chi connectivity index (χ1v) is 16.2. The maximum Gasteiger partial charge on any atom is 0.135 e. The number of ether oxygens (including phenoxy) is 2. The Morgan fingerprint density at radius 3 is 1.58 bits per heavy atom. The van der Waals surface area contributed by atoms with Crippen LogP contribution in [0.5, 0.6) is 11.5 Å². The zero-order chi connectivity index (χ0) is 25.8. The summed E-state index contributed by atoms with van der Waals surface area (Å²) in [5.74, 6) is 6.82. The highest BCUT2D eigenvalue weighted by Gasteiger charge is 2.20. The van der Waals surface area contributed by atoms with Gasteiger partial charge in [0, 0.05) is 21.5 Å². The molecular formula is C32H46O2S2. The lowest BCUT2D eigenvalue weighted by molar-refractivity contribution is 0.320. The van der Waals surface area contributed by atoms with E-state index < -0.39 is 0 Å². The summed E-state index contributed by atoms with van der Waals surface area (Å²) in [7, 11) is 0. The number of rotatable bonds is 16. The molecule has 0 fully saturated rings. The summed E-state index contributed by atoms with van der Waals surface area (Å²) in [6.45, 7) is 12.8. The second kappa shape index (κ2) is 15.0. The predicted octanol–water partition coefficient (Wildman–Crippen LogP) is 9.89. The van der Waals surface area contributed by atoms with E-state index in [-0.39, 0.29) is 5.41 Å². The van der Waals surface area contributed by atoms with E-state index in [4.69, 9.17) is 9.47 Å². The van der Waals surface area contributed by atoms with E-state index >= 15 is 0 Å². The third-order valence-corrected chi connectivity index (χ3v) is 8.74. The van der Waals surface area contributed by atoms with E-state index in [9.17, 15) is 0 Å². The van der Waals surface area contributed by atoms with Gasteiger partial charge in [0.2, 0.25) is 0 Å². The monoisotopic (exact) mass is 526 g/mol. The molecule has 0 aliphatic heterocycles. The van der Waals surface area contributed by atoms with Gasteiger partial charge < -0.3 is 9.47 Å². The van der Waals surface area contributed by atoms with Crippen molar-refractivity contribution in [2.45, 2.75) is 78.6 Å². The lowest BCUT2D eigenvalue weighted by Gasteiger charge is -2.22. The van der Waals surface area contributed by atoms with E-state index in [0.29, 0.717) is 0 Å². The summed E-state index contributed by atoms with van der Waals surface area (Å²) in [6.07, 6.45) is 7.27. The van der Waals surface area contributed by atoms with Crippen LogP contribution in [0.25, 0.3) is 21.5 Å². The molecule has 198 valence electrons. The fraction of sp³-hybridized carbons (Fsp3) is 0.562. The van der Waals surface area contributed by atoms with Crippen molar-refractivity contribution in [1.82, 2.24) is 0 Å². The van der Waals surface area contributed by atoms with Gasteiger partial charge in [-0.3, -0.25) is 0 Å². The zero-order valence-electron chi connectivity index (χ0n) is 23.2. The van der Waals surface area contributed by atoms with Gasteiger partial charge in [0.25, 0.3) is 0 Å². The molecule has 4 heteroatoms. The van der Waals surface area contributed by atoms with Crippen LogP contribution >= 0.6 is 23.5 Å². The van der Waals surface area contributed by atoms with Gasteiger partial charge >= 0.3 is 0 Å². The van der Waals surface area contributed by atoms with Crippen molar-refractivity contribution in [2.24, 2.45) is 0 Å². The van der Waals surface area contributed by atoms with Gasteiger partial charge in [-0.2, -0.15) is 23.5 Å². The number of hydrogen-bond acceptors (Lipinski definition) is 4. The Labute approximate surface area is 228 Å². The Morgan fingerprint density at radius 1 is 0.611 bits per heavy atom. The number of benzene rings is 3. The van der Waals surface area contributed by atoms with E-state index in [2.05, 4.69) is 77.1 Å². The number of thioether (sulfide) groups is 2. The minimum atomic E-state index is 0.0732. The van der Waals surface area contributed by atoms with Crippen LogP contribution in [-0.2, 0) is 5.41 Å². The fourth-order valence-electron chi connectivity index (χ4n) is 4.24. The molecule has 3 aromatic rings. The van der Waals surface area contributed by atoms with Gasteiger partial charge in [-0.1, -0.05) is 83.9 Å². The van der Waals surface area contributed by atoms with Crippen molar-refractivity contribution in [1.29, 1.82) is 0 Å². The number of unbranched alkanes of at least 4 members (excludes halogenated alkanes) is 2. The van der Waals surface area contributed by atoms with Gasteiger partial charge in [-0.05, 0) is 65.7 Å². The molecule has 0 aliphatic carbocycles. The van der Waals surface area contributed by atoms with Gasteiger partial charge in [0.15, 0.2) is 0 Å². The normalized spacial score (nSPS) is 11.9. The lowest BCUT2D eigenvalue weighted by Crippen LogP contribution is -2.11. The van der Waals surface area contributed by atoms with E-state index in [1.54, 1.807) is 0 Å². The largest absolute Gasteiger partial charge is 0.492 e. The van der Waals surface area contributed by atoms with Gasteiger partial charge in [0.05, 0.1) is 13.2 Å². The Kier molecular flexibility index (Phi) is 12.1. The van der Waals surface area contributed by atoms with Crippen molar-refractivity contribution in [3.8, 4) is 11.5 Å². The van der Waals surface area contributed by atoms with Crippen LogP contribution in [0.15, 0.2) is 42.5 Å². The number of fused-ring (bicyclic) bond motifs is 2. The fourth-order valence-corrected chi connectivity index (χ4v) is 6.28. The van der Waals surface area contributed by atoms with Crippen LogP contribution in [-0.4, -0.2) is 36.2 Å². The lowest BCUT2D eigenvalue weighted by atomic mass is 9.85. The van der Waals surface area contributed by atoms with Gasteiger partial charge in [-0.15, -0.1) is 0 Å². The van der Waals surface area contributed by atoms with E-state index in [1.807, 2.05) is 23.5 Å². The van der Waals surface area contributed by atoms with Crippen LogP contribution in [0.1, 0.15) is 78.7 Å². The molecule has 0 saturated carbocycles. The van der Waals surface area contributed by atoms with Crippen molar-refractivity contribution in [3.63, 3.8) is 0 Å². The quantitative estimate of drug-likeness (QED) is 0.136. The zero-order valence-corrected chi connectivity index (χ0v) is 24.8. The maximum atomic E-state index is 6.57. The van der Waals surface area contributed by atoms with Crippen LogP contribution in [0.3, 0.4) is 0 Å². The molecule has 0 saturated heterocycles. The first-order chi connectivity index (χ1) is 17.5. The highest BCUT2D eigenvalue weighted by atomic mass is 32.2. The molecular weight excluding hydrogens is 480 g/mol. The second-order valence-corrected chi connectivity index (χ2v) is 13.0. The molecule has 2 nitrogen and oxygen atoms in total. The highest BCUT2D eigenvalue weighted by molar-refractivity contribution is 7.99. The van der Waals surface area contributed by atoms with Gasteiger partial charge in [0.1, 0.15) is 11.5 Å². The van der Waals surface area contributed by atoms with Gasteiger partial charge in [-0.25, -0.2) is 0 Å². The molecule has 0 unspecified atom stereocenters. The SMILES string of the molecule is CCCCSCCCOc1c2ccccc2c(OCCCSCCCC)c2cc(C(C)(C)C)ccc12. The third kappa shape index (κ3) is 8.25. The highest BCUT2D eigenvalue weighted by Crippen LogP contribution is 2.44. The molecule has 0 N–H and O–H groups in total.